The van der Waals surface area contributed by atoms with Crippen molar-refractivity contribution < 1.29 is 14.2 Å². The average Bonchev–Trinajstić information content (AvgIpc) is 3.18. The summed E-state index contributed by atoms with van der Waals surface area (Å²) in [5.74, 6) is 0.919. The lowest BCUT2D eigenvalue weighted by Crippen LogP contribution is -3.27. The molecule has 0 amide bonds. The number of likely N-dealkylation sites (N-methyl/N-ethyl adjacent to an activating group) is 1. The third kappa shape index (κ3) is 6.21. The summed E-state index contributed by atoms with van der Waals surface area (Å²) in [6.45, 7) is 9.85. The summed E-state index contributed by atoms with van der Waals surface area (Å²) in [7, 11) is 2.28. The number of halogens is 1. The largest absolute Gasteiger partial charge is 0.467 e. The van der Waals surface area contributed by atoms with Crippen LogP contribution in [0.25, 0.3) is 0 Å². The Labute approximate surface area is 178 Å². The van der Waals surface area contributed by atoms with E-state index >= 15 is 0 Å². The zero-order valence-electron chi connectivity index (χ0n) is 16.8. The highest BCUT2D eigenvalue weighted by Crippen LogP contribution is 2.21. The fraction of sp³-hybridized carbons (Fsp3) is 0.476. The Balaban J connectivity index is 1.59. The highest BCUT2D eigenvalue weighted by Gasteiger charge is 2.20. The monoisotopic (exact) mass is 422 g/mol. The Hall–Kier alpha value is -1.60. The second-order valence-electron chi connectivity index (χ2n) is 7.70. The van der Waals surface area contributed by atoms with E-state index in [0.717, 1.165) is 30.0 Å². The fourth-order valence-corrected chi connectivity index (χ4v) is 4.00. The summed E-state index contributed by atoms with van der Waals surface area (Å²) < 4.78 is 5.56. The first-order valence-corrected chi connectivity index (χ1v) is 10.8. The first-order chi connectivity index (χ1) is 13.5. The van der Waals surface area contributed by atoms with Gasteiger partial charge in [0, 0.05) is 23.7 Å². The Morgan fingerprint density at radius 3 is 2.75 bits per heavy atom. The summed E-state index contributed by atoms with van der Waals surface area (Å²) in [4.78, 5) is 5.54. The van der Waals surface area contributed by atoms with Gasteiger partial charge in [0.1, 0.15) is 31.9 Å². The zero-order valence-corrected chi connectivity index (χ0v) is 18.3. The van der Waals surface area contributed by atoms with Crippen molar-refractivity contribution in [1.82, 2.24) is 4.90 Å². The van der Waals surface area contributed by atoms with E-state index in [4.69, 9.17) is 28.2 Å². The van der Waals surface area contributed by atoms with Gasteiger partial charge in [-0.3, -0.25) is 0 Å². The van der Waals surface area contributed by atoms with Crippen LogP contribution in [0.5, 0.6) is 0 Å². The van der Waals surface area contributed by atoms with Gasteiger partial charge in [0.15, 0.2) is 5.11 Å². The first-order valence-electron chi connectivity index (χ1n) is 10.0. The number of hydrogen-bond acceptors (Lipinski definition) is 2. The van der Waals surface area contributed by atoms with E-state index in [9.17, 15) is 0 Å². The third-order valence-electron chi connectivity index (χ3n) is 5.42. The van der Waals surface area contributed by atoms with Crippen molar-refractivity contribution in [3.05, 3.63) is 52.9 Å². The molecule has 1 aliphatic rings. The van der Waals surface area contributed by atoms with Crippen LogP contribution >= 0.6 is 23.8 Å². The number of rotatable bonds is 7. The van der Waals surface area contributed by atoms with Gasteiger partial charge in [-0.1, -0.05) is 17.7 Å². The molecular formula is C21H31ClN4OS+2. The Morgan fingerprint density at radius 1 is 1.25 bits per heavy atom. The predicted molar refractivity (Wildman–Crippen MR) is 118 cm³/mol. The maximum Gasteiger partial charge on any atom is 0.173 e. The minimum atomic E-state index is 0.667. The van der Waals surface area contributed by atoms with Crippen LogP contribution in [0, 0.1) is 6.92 Å². The van der Waals surface area contributed by atoms with Crippen molar-refractivity contribution in [3.63, 3.8) is 0 Å². The number of hydrogen-bond donors (Lipinski definition) is 3. The lowest BCUT2D eigenvalue weighted by atomic mass is 10.2. The molecule has 1 aromatic carbocycles. The van der Waals surface area contributed by atoms with Gasteiger partial charge in [-0.05, 0) is 49.0 Å². The minimum Gasteiger partial charge on any atom is -0.467 e. The van der Waals surface area contributed by atoms with Crippen LogP contribution in [0.3, 0.4) is 0 Å². The summed E-state index contributed by atoms with van der Waals surface area (Å²) in [5.41, 5.74) is 2.07. The first kappa shape index (κ1) is 21.1. The lowest BCUT2D eigenvalue weighted by molar-refractivity contribution is -1.00. The van der Waals surface area contributed by atoms with E-state index in [-0.39, 0.29) is 0 Å². The van der Waals surface area contributed by atoms with Gasteiger partial charge in [0.25, 0.3) is 0 Å². The second kappa shape index (κ2) is 10.3. The van der Waals surface area contributed by atoms with Gasteiger partial charge >= 0.3 is 0 Å². The minimum absolute atomic E-state index is 0.667. The number of piperazine rings is 1. The molecule has 3 rings (SSSR count). The van der Waals surface area contributed by atoms with E-state index in [0.29, 0.717) is 16.7 Å². The Kier molecular flexibility index (Phi) is 7.73. The van der Waals surface area contributed by atoms with Crippen LogP contribution in [-0.2, 0) is 6.54 Å². The normalized spacial score (nSPS) is 19.4. The van der Waals surface area contributed by atoms with E-state index in [1.54, 1.807) is 16.1 Å². The smallest absolute Gasteiger partial charge is 0.173 e. The van der Waals surface area contributed by atoms with Crippen LogP contribution in [-0.4, -0.2) is 56.3 Å². The summed E-state index contributed by atoms with van der Waals surface area (Å²) in [5, 5.41) is 4.79. The molecule has 1 fully saturated rings. The predicted octanol–water partition coefficient (Wildman–Crippen LogP) is 1.24. The van der Waals surface area contributed by atoms with Gasteiger partial charge in [0.2, 0.25) is 0 Å². The molecule has 1 aromatic heterocycles. The fourth-order valence-electron chi connectivity index (χ4n) is 3.57. The van der Waals surface area contributed by atoms with Crippen molar-refractivity contribution in [1.29, 1.82) is 0 Å². The average molecular weight is 423 g/mol. The molecule has 0 saturated carbocycles. The third-order valence-corrected chi connectivity index (χ3v) is 6.02. The highest BCUT2D eigenvalue weighted by atomic mass is 35.5. The van der Waals surface area contributed by atoms with Crippen LogP contribution in [0.1, 0.15) is 17.7 Å². The van der Waals surface area contributed by atoms with Crippen molar-refractivity contribution >= 4 is 34.6 Å². The molecule has 2 aromatic rings. The van der Waals surface area contributed by atoms with E-state index in [1.807, 2.05) is 30.3 Å². The molecule has 152 valence electrons. The number of nitrogens with zero attached hydrogens (tertiary/aromatic N) is 1. The van der Waals surface area contributed by atoms with E-state index in [1.165, 1.54) is 32.7 Å². The number of furan rings is 1. The molecule has 2 heterocycles. The maximum absolute atomic E-state index is 6.16. The molecule has 0 aliphatic carbocycles. The zero-order chi connectivity index (χ0) is 19.9. The van der Waals surface area contributed by atoms with Crippen LogP contribution < -0.4 is 15.1 Å². The number of thiocarbonyl (C=S) groups is 1. The molecule has 28 heavy (non-hydrogen) atoms. The number of benzene rings is 1. The topological polar surface area (TPSA) is 37.3 Å². The number of anilines is 1. The van der Waals surface area contributed by atoms with Crippen molar-refractivity contribution in [2.24, 2.45) is 0 Å². The number of quaternary nitrogens is 2. The SMILES string of the molecule is Cc1ccc(Cl)cc1NC(=S)N(CCC[NH+]1CC[NH+](C)CC1)Cc1ccco1. The lowest BCUT2D eigenvalue weighted by Gasteiger charge is -2.29. The maximum atomic E-state index is 6.16. The summed E-state index contributed by atoms with van der Waals surface area (Å²) in [6.07, 6.45) is 2.81. The molecule has 0 unspecified atom stereocenters. The Morgan fingerprint density at radius 2 is 2.04 bits per heavy atom. The number of nitrogens with one attached hydrogen (secondary N) is 3. The molecule has 0 spiro atoms. The Bertz CT molecular complexity index is 760. The second-order valence-corrected chi connectivity index (χ2v) is 8.52. The molecular weight excluding hydrogens is 392 g/mol. The molecule has 5 nitrogen and oxygen atoms in total. The van der Waals surface area contributed by atoms with Gasteiger partial charge in [-0.15, -0.1) is 0 Å². The van der Waals surface area contributed by atoms with Crippen LogP contribution in [0.4, 0.5) is 5.69 Å². The number of aryl methyl sites for hydroxylation is 1. The standard InChI is InChI=1S/C21H29ClN4OS/c1-17-6-7-18(22)15-20(17)23-21(28)26(16-19-5-3-14-27-19)9-4-8-25-12-10-24(2)11-13-25/h3,5-7,14-15H,4,8-13,16H2,1-2H3,(H,23,28)/p+2. The molecule has 3 N–H and O–H groups in total. The molecule has 7 heteroatoms. The summed E-state index contributed by atoms with van der Waals surface area (Å²) in [6, 6.07) is 9.73. The molecule has 0 bridgehead atoms. The quantitative estimate of drug-likeness (QED) is 0.587. The molecule has 0 radical (unpaired) electrons. The van der Waals surface area contributed by atoms with Crippen molar-refractivity contribution in [3.8, 4) is 0 Å². The van der Waals surface area contributed by atoms with Gasteiger partial charge in [-0.25, -0.2) is 0 Å². The molecule has 0 atom stereocenters. The van der Waals surface area contributed by atoms with E-state index in [2.05, 4.69) is 24.2 Å². The van der Waals surface area contributed by atoms with Crippen molar-refractivity contribution in [2.75, 3.05) is 51.6 Å². The van der Waals surface area contributed by atoms with Crippen molar-refractivity contribution in [2.45, 2.75) is 19.9 Å². The van der Waals surface area contributed by atoms with Gasteiger partial charge < -0.3 is 24.4 Å². The summed E-state index contributed by atoms with van der Waals surface area (Å²) >= 11 is 11.9. The van der Waals surface area contributed by atoms with Crippen LogP contribution in [0.2, 0.25) is 5.02 Å². The van der Waals surface area contributed by atoms with Crippen LogP contribution in [0.15, 0.2) is 41.0 Å². The van der Waals surface area contributed by atoms with E-state index < -0.39 is 0 Å². The van der Waals surface area contributed by atoms with Gasteiger partial charge in [-0.2, -0.15) is 0 Å². The molecule has 1 aliphatic heterocycles. The highest BCUT2D eigenvalue weighted by molar-refractivity contribution is 7.80. The van der Waals surface area contributed by atoms with Gasteiger partial charge in [0.05, 0.1) is 26.4 Å². The molecule has 1 saturated heterocycles.